The molecule has 0 fully saturated rings. The minimum Gasteiger partial charge on any atom is -0.526 e. The van der Waals surface area contributed by atoms with Crippen LogP contribution < -0.4 is 9.31 Å². The molecule has 0 spiro atoms. The highest BCUT2D eigenvalue weighted by Crippen LogP contribution is 2.28. The number of benzene rings is 2. The number of rotatable bonds is 4. The van der Waals surface area contributed by atoms with Crippen molar-refractivity contribution >= 4 is 7.69 Å². The van der Waals surface area contributed by atoms with Crippen LogP contribution in [-0.2, 0) is 0 Å². The Balaban J connectivity index is 2.00. The monoisotopic (exact) mass is 258 g/mol. The fourth-order valence-electron chi connectivity index (χ4n) is 1.63. The smallest absolute Gasteiger partial charge is 0.526 e. The Hall–Kier alpha value is -2.30. The van der Waals surface area contributed by atoms with Gasteiger partial charge in [-0.3, -0.25) is 0 Å². The molecule has 0 bridgehead atoms. The SMILES string of the molecule is Cc1ccc(O)c(OBOc2cc(C)ccc2O)c1. The number of hydrogen-bond donors (Lipinski definition) is 2. The Morgan fingerprint density at radius 2 is 1.21 bits per heavy atom. The predicted octanol–water partition coefficient (Wildman–Crippen LogP) is 2.44. The van der Waals surface area contributed by atoms with E-state index in [0.29, 0.717) is 11.5 Å². The number of phenols is 2. The second-order valence-corrected chi connectivity index (χ2v) is 4.35. The van der Waals surface area contributed by atoms with Crippen LogP contribution in [-0.4, -0.2) is 17.9 Å². The third-order valence-corrected chi connectivity index (χ3v) is 2.66. The van der Waals surface area contributed by atoms with E-state index in [1.54, 1.807) is 36.4 Å². The van der Waals surface area contributed by atoms with E-state index in [9.17, 15) is 10.2 Å². The molecule has 0 aliphatic carbocycles. The van der Waals surface area contributed by atoms with Crippen molar-refractivity contribution in [3.8, 4) is 23.0 Å². The molecule has 0 unspecified atom stereocenters. The van der Waals surface area contributed by atoms with Gasteiger partial charge in [-0.05, 0) is 49.2 Å². The van der Waals surface area contributed by atoms with Crippen molar-refractivity contribution in [2.45, 2.75) is 13.8 Å². The summed E-state index contributed by atoms with van der Waals surface area (Å²) >= 11 is 0. The molecule has 19 heavy (non-hydrogen) atoms. The van der Waals surface area contributed by atoms with Gasteiger partial charge in [-0.25, -0.2) is 0 Å². The molecule has 0 heterocycles. The van der Waals surface area contributed by atoms with E-state index >= 15 is 0 Å². The summed E-state index contributed by atoms with van der Waals surface area (Å²) in [6, 6.07) is 10.1. The van der Waals surface area contributed by atoms with Gasteiger partial charge in [0.05, 0.1) is 0 Å². The minimum atomic E-state index is -0.0893. The van der Waals surface area contributed by atoms with Gasteiger partial charge in [0, 0.05) is 0 Å². The molecule has 0 saturated heterocycles. The van der Waals surface area contributed by atoms with Crippen molar-refractivity contribution in [1.82, 2.24) is 0 Å². The molecule has 0 aliphatic rings. The Kier molecular flexibility index (Phi) is 3.85. The van der Waals surface area contributed by atoms with Gasteiger partial charge in [0.15, 0.2) is 11.5 Å². The Morgan fingerprint density at radius 1 is 0.789 bits per heavy atom. The molecule has 0 aliphatic heterocycles. The summed E-state index contributed by atoms with van der Waals surface area (Å²) in [4.78, 5) is 0. The minimum absolute atomic E-state index is 0.0580. The molecule has 5 heteroatoms. The highest BCUT2D eigenvalue weighted by Gasteiger charge is 2.07. The van der Waals surface area contributed by atoms with Gasteiger partial charge in [-0.15, -0.1) is 0 Å². The summed E-state index contributed by atoms with van der Waals surface area (Å²) in [5.74, 6) is 0.824. The van der Waals surface area contributed by atoms with E-state index in [2.05, 4.69) is 0 Å². The lowest BCUT2D eigenvalue weighted by atomic mass is 10.2. The van der Waals surface area contributed by atoms with Gasteiger partial charge < -0.3 is 19.5 Å². The second-order valence-electron chi connectivity index (χ2n) is 4.35. The second kappa shape index (κ2) is 5.56. The van der Waals surface area contributed by atoms with Crippen molar-refractivity contribution in [1.29, 1.82) is 0 Å². The number of aromatic hydroxyl groups is 2. The zero-order chi connectivity index (χ0) is 13.8. The standard InChI is InChI=1S/C14H15BO4/c1-9-3-5-11(16)13(7-9)18-15-19-14-8-10(2)4-6-12(14)17/h3-8,15-17H,1-2H3. The molecular formula is C14H15BO4. The van der Waals surface area contributed by atoms with Gasteiger partial charge in [0.1, 0.15) is 11.5 Å². The summed E-state index contributed by atoms with van der Waals surface area (Å²) < 4.78 is 10.7. The Labute approximate surface area is 112 Å². The first-order valence-electron chi connectivity index (χ1n) is 5.91. The maximum atomic E-state index is 9.60. The van der Waals surface area contributed by atoms with Gasteiger partial charge in [0.25, 0.3) is 0 Å². The van der Waals surface area contributed by atoms with Crippen molar-refractivity contribution in [2.75, 3.05) is 0 Å². The summed E-state index contributed by atoms with van der Waals surface area (Å²) in [5.41, 5.74) is 1.96. The molecule has 4 nitrogen and oxygen atoms in total. The van der Waals surface area contributed by atoms with Crippen molar-refractivity contribution in [3.63, 3.8) is 0 Å². The van der Waals surface area contributed by atoms with Crippen molar-refractivity contribution in [2.24, 2.45) is 0 Å². The Bertz CT molecular complexity index is 532. The molecule has 0 atom stereocenters. The van der Waals surface area contributed by atoms with E-state index in [4.69, 9.17) is 9.31 Å². The lowest BCUT2D eigenvalue weighted by molar-refractivity contribution is 0.397. The lowest BCUT2D eigenvalue weighted by Gasteiger charge is -2.10. The van der Waals surface area contributed by atoms with Crippen LogP contribution in [0.4, 0.5) is 0 Å². The lowest BCUT2D eigenvalue weighted by Crippen LogP contribution is -2.11. The normalized spacial score (nSPS) is 10.0. The van der Waals surface area contributed by atoms with Crippen LogP contribution in [0, 0.1) is 13.8 Å². The molecule has 0 saturated carbocycles. The third-order valence-electron chi connectivity index (χ3n) is 2.66. The van der Waals surface area contributed by atoms with Crippen LogP contribution in [0.3, 0.4) is 0 Å². The summed E-state index contributed by atoms with van der Waals surface area (Å²) in [6.45, 7) is 3.80. The maximum absolute atomic E-state index is 9.60. The van der Waals surface area contributed by atoms with E-state index in [-0.39, 0.29) is 19.2 Å². The van der Waals surface area contributed by atoms with Gasteiger partial charge >= 0.3 is 7.69 Å². The summed E-state index contributed by atoms with van der Waals surface area (Å²) in [6.07, 6.45) is 0. The molecule has 2 rings (SSSR count). The topological polar surface area (TPSA) is 58.9 Å². The van der Waals surface area contributed by atoms with Crippen LogP contribution in [0.1, 0.15) is 11.1 Å². The van der Waals surface area contributed by atoms with Gasteiger partial charge in [-0.2, -0.15) is 0 Å². The van der Waals surface area contributed by atoms with E-state index in [0.717, 1.165) is 11.1 Å². The third kappa shape index (κ3) is 3.34. The molecular weight excluding hydrogens is 243 g/mol. The first kappa shape index (κ1) is 13.1. The number of aryl methyl sites for hydroxylation is 2. The first-order chi connectivity index (χ1) is 9.06. The first-order valence-corrected chi connectivity index (χ1v) is 5.91. The number of phenolic OH excluding ortho intramolecular Hbond substituents is 2. The van der Waals surface area contributed by atoms with Gasteiger partial charge in [-0.1, -0.05) is 12.1 Å². The van der Waals surface area contributed by atoms with Gasteiger partial charge in [0.2, 0.25) is 0 Å². The fraction of sp³-hybridized carbons (Fsp3) is 0.143. The maximum Gasteiger partial charge on any atom is 0.576 e. The van der Waals surface area contributed by atoms with E-state index in [1.165, 1.54) is 0 Å². The zero-order valence-electron chi connectivity index (χ0n) is 10.9. The van der Waals surface area contributed by atoms with Crippen LogP contribution >= 0.6 is 0 Å². The van der Waals surface area contributed by atoms with Crippen LogP contribution in [0.2, 0.25) is 0 Å². The molecule has 0 radical (unpaired) electrons. The summed E-state index contributed by atoms with van der Waals surface area (Å²) in [7, 11) is -0.0893. The summed E-state index contributed by atoms with van der Waals surface area (Å²) in [5, 5.41) is 19.2. The highest BCUT2D eigenvalue weighted by atomic mass is 16.6. The predicted molar refractivity (Wildman–Crippen MR) is 74.1 cm³/mol. The molecule has 2 aromatic carbocycles. The van der Waals surface area contributed by atoms with E-state index in [1.807, 2.05) is 13.8 Å². The van der Waals surface area contributed by atoms with Crippen LogP contribution in [0.15, 0.2) is 36.4 Å². The fourth-order valence-corrected chi connectivity index (χ4v) is 1.63. The highest BCUT2D eigenvalue weighted by molar-refractivity contribution is 6.21. The average Bonchev–Trinajstić information content (AvgIpc) is 2.38. The molecule has 2 N–H and O–H groups in total. The van der Waals surface area contributed by atoms with Crippen molar-refractivity contribution in [3.05, 3.63) is 47.5 Å². The van der Waals surface area contributed by atoms with Crippen LogP contribution in [0.5, 0.6) is 23.0 Å². The molecule has 98 valence electrons. The van der Waals surface area contributed by atoms with Crippen LogP contribution in [0.25, 0.3) is 0 Å². The molecule has 0 amide bonds. The number of hydrogen-bond acceptors (Lipinski definition) is 4. The largest absolute Gasteiger partial charge is 0.576 e. The zero-order valence-corrected chi connectivity index (χ0v) is 10.9. The molecule has 0 aromatic heterocycles. The Morgan fingerprint density at radius 3 is 1.63 bits per heavy atom. The average molecular weight is 258 g/mol. The van der Waals surface area contributed by atoms with E-state index < -0.39 is 0 Å². The quantitative estimate of drug-likeness (QED) is 0.827. The van der Waals surface area contributed by atoms with Crippen molar-refractivity contribution < 1.29 is 19.5 Å². The molecule has 2 aromatic rings.